The van der Waals surface area contributed by atoms with Crippen molar-refractivity contribution in [2.45, 2.75) is 97.8 Å². The van der Waals surface area contributed by atoms with Crippen LogP contribution in [0.5, 0.6) is 0 Å². The van der Waals surface area contributed by atoms with Crippen molar-refractivity contribution in [2.24, 2.45) is 17.3 Å². The third kappa shape index (κ3) is 7.04. The van der Waals surface area contributed by atoms with Crippen molar-refractivity contribution in [2.75, 3.05) is 18.1 Å². The molecule has 2 aliphatic carbocycles. The molecule has 2 heterocycles. The Hall–Kier alpha value is -2.14. The zero-order valence-electron chi connectivity index (χ0n) is 22.8. The zero-order chi connectivity index (χ0) is 26.7. The summed E-state index contributed by atoms with van der Waals surface area (Å²) in [5, 5.41) is 10.1. The standard InChI is InChI=1S/C30H41NO5S/c1-19-6-11-25(20(2)16-19)28(32)31(21-7-9-22(10-8-21)36-23-13-15-35-18-23)26-17-24(12-14-30(3,4)5)37-27(26)29(33)34/h6,17,20-23,25H,7-11,13,15-16,18H2,1-5H3,(H,33,34)/t20-,21-,22-,23-,25?/m0/s1. The predicted octanol–water partition coefficient (Wildman–Crippen LogP) is 6.29. The summed E-state index contributed by atoms with van der Waals surface area (Å²) in [6, 6.07) is 1.78. The van der Waals surface area contributed by atoms with Crippen LogP contribution in [0.3, 0.4) is 0 Å². The van der Waals surface area contributed by atoms with Gasteiger partial charge in [-0.1, -0.05) is 30.4 Å². The maximum atomic E-state index is 14.2. The summed E-state index contributed by atoms with van der Waals surface area (Å²) in [6.07, 6.45) is 8.31. The summed E-state index contributed by atoms with van der Waals surface area (Å²) in [6.45, 7) is 11.8. The van der Waals surface area contributed by atoms with Crippen molar-refractivity contribution in [3.63, 3.8) is 0 Å². The maximum absolute atomic E-state index is 14.2. The second-order valence-corrected chi connectivity index (χ2v) is 13.0. The maximum Gasteiger partial charge on any atom is 0.348 e. The van der Waals surface area contributed by atoms with E-state index in [1.54, 1.807) is 0 Å². The van der Waals surface area contributed by atoms with E-state index in [1.807, 2.05) is 31.7 Å². The van der Waals surface area contributed by atoms with Crippen LogP contribution >= 0.6 is 11.3 Å². The normalized spacial score (nSPS) is 28.2. The Balaban J connectivity index is 1.63. The lowest BCUT2D eigenvalue weighted by atomic mass is 9.79. The number of thiophene rings is 1. The molecule has 37 heavy (non-hydrogen) atoms. The van der Waals surface area contributed by atoms with Gasteiger partial charge in [0.2, 0.25) is 5.91 Å². The molecule has 0 bridgehead atoms. The van der Waals surface area contributed by atoms with Crippen LogP contribution in [0.2, 0.25) is 0 Å². The molecule has 1 saturated heterocycles. The van der Waals surface area contributed by atoms with Crippen LogP contribution < -0.4 is 4.90 Å². The molecule has 2 fully saturated rings. The molecule has 0 spiro atoms. The zero-order valence-corrected chi connectivity index (χ0v) is 23.7. The Kier molecular flexibility index (Phi) is 8.83. The summed E-state index contributed by atoms with van der Waals surface area (Å²) < 4.78 is 11.7. The molecule has 1 aromatic rings. The lowest BCUT2D eigenvalue weighted by molar-refractivity contribution is -0.124. The first kappa shape index (κ1) is 27.9. The predicted molar refractivity (Wildman–Crippen MR) is 147 cm³/mol. The SMILES string of the molecule is CC1=CCC(C(=O)N(c2cc(C#CC(C)(C)C)sc2C(=O)O)[C@H]2CC[C@H](O[C@H]3CCOC3)CC2)[C@@H](C)C1. The van der Waals surface area contributed by atoms with Gasteiger partial charge in [-0.15, -0.1) is 11.3 Å². The van der Waals surface area contributed by atoms with E-state index >= 15 is 0 Å². The summed E-state index contributed by atoms with van der Waals surface area (Å²) in [7, 11) is 0. The van der Waals surface area contributed by atoms with E-state index in [9.17, 15) is 14.7 Å². The number of nitrogens with zero attached hydrogens (tertiary/aromatic N) is 1. The molecule has 3 aliphatic rings. The van der Waals surface area contributed by atoms with E-state index in [4.69, 9.17) is 9.47 Å². The number of allylic oxidation sites excluding steroid dienone is 2. The Bertz CT molecular complexity index is 1070. The first-order valence-electron chi connectivity index (χ1n) is 13.6. The smallest absolute Gasteiger partial charge is 0.348 e. The highest BCUT2D eigenvalue weighted by molar-refractivity contribution is 7.15. The number of aromatic carboxylic acids is 1. The van der Waals surface area contributed by atoms with E-state index in [0.717, 1.165) is 45.1 Å². The highest BCUT2D eigenvalue weighted by atomic mass is 32.1. The molecule has 0 radical (unpaired) electrons. The molecule has 1 aromatic heterocycles. The third-order valence-corrected chi connectivity index (χ3v) is 8.64. The van der Waals surface area contributed by atoms with Crippen LogP contribution in [0.1, 0.15) is 94.1 Å². The second-order valence-electron chi connectivity index (χ2n) is 12.0. The van der Waals surface area contributed by atoms with Crippen LogP contribution in [0.4, 0.5) is 5.69 Å². The minimum Gasteiger partial charge on any atom is -0.477 e. The molecule has 1 unspecified atom stereocenters. The molecular weight excluding hydrogens is 486 g/mol. The van der Waals surface area contributed by atoms with Crippen molar-refractivity contribution in [3.05, 3.63) is 27.5 Å². The van der Waals surface area contributed by atoms with Gasteiger partial charge in [0, 0.05) is 24.0 Å². The fourth-order valence-corrected chi connectivity index (χ4v) is 6.51. The molecule has 0 aromatic carbocycles. The third-order valence-electron chi connectivity index (χ3n) is 7.61. The van der Waals surface area contributed by atoms with E-state index in [-0.39, 0.29) is 46.3 Å². The molecule has 7 heteroatoms. The molecule has 1 aliphatic heterocycles. The molecule has 1 amide bonds. The van der Waals surface area contributed by atoms with Gasteiger partial charge in [0.25, 0.3) is 0 Å². The summed E-state index contributed by atoms with van der Waals surface area (Å²) in [4.78, 5) is 29.3. The minimum absolute atomic E-state index is 0.0421. The van der Waals surface area contributed by atoms with Crippen molar-refractivity contribution < 1.29 is 24.2 Å². The lowest BCUT2D eigenvalue weighted by Gasteiger charge is -2.40. The molecular formula is C30H41NO5S. The number of hydrogen-bond acceptors (Lipinski definition) is 5. The van der Waals surface area contributed by atoms with Crippen LogP contribution in [-0.2, 0) is 14.3 Å². The summed E-state index contributed by atoms with van der Waals surface area (Å²) >= 11 is 1.17. The van der Waals surface area contributed by atoms with Gasteiger partial charge in [-0.25, -0.2) is 4.79 Å². The number of carboxylic acids is 1. The van der Waals surface area contributed by atoms with Gasteiger partial charge in [-0.3, -0.25) is 4.79 Å². The minimum atomic E-state index is -1.01. The van der Waals surface area contributed by atoms with Crippen molar-refractivity contribution in [1.29, 1.82) is 0 Å². The molecule has 1 saturated carbocycles. The molecule has 3 atom stereocenters. The van der Waals surface area contributed by atoms with Gasteiger partial charge in [0.05, 0.1) is 29.4 Å². The van der Waals surface area contributed by atoms with Gasteiger partial charge in [0.15, 0.2) is 0 Å². The van der Waals surface area contributed by atoms with Gasteiger partial charge >= 0.3 is 5.97 Å². The monoisotopic (exact) mass is 527 g/mol. The topological polar surface area (TPSA) is 76.1 Å². The highest BCUT2D eigenvalue weighted by Crippen LogP contribution is 2.39. The average Bonchev–Trinajstić information content (AvgIpc) is 3.49. The first-order chi connectivity index (χ1) is 17.5. The average molecular weight is 528 g/mol. The fourth-order valence-electron chi connectivity index (χ4n) is 5.67. The Morgan fingerprint density at radius 2 is 1.89 bits per heavy atom. The number of rotatable bonds is 6. The number of ether oxygens (including phenoxy) is 2. The number of amides is 1. The summed E-state index contributed by atoms with van der Waals surface area (Å²) in [5.74, 6) is 5.47. The van der Waals surface area contributed by atoms with Crippen molar-refractivity contribution >= 4 is 28.9 Å². The lowest BCUT2D eigenvalue weighted by Crippen LogP contribution is -2.48. The van der Waals surface area contributed by atoms with Gasteiger partial charge < -0.3 is 19.5 Å². The number of carbonyl (C=O) groups excluding carboxylic acids is 1. The number of carbonyl (C=O) groups is 2. The number of hydrogen-bond donors (Lipinski definition) is 1. The van der Waals surface area contributed by atoms with Crippen LogP contribution in [-0.4, -0.2) is 48.4 Å². The van der Waals surface area contributed by atoms with Gasteiger partial charge in [0.1, 0.15) is 4.88 Å². The van der Waals surface area contributed by atoms with E-state index in [1.165, 1.54) is 16.9 Å². The van der Waals surface area contributed by atoms with Crippen molar-refractivity contribution in [3.8, 4) is 11.8 Å². The Morgan fingerprint density at radius 3 is 2.49 bits per heavy atom. The van der Waals surface area contributed by atoms with E-state index in [2.05, 4.69) is 31.8 Å². The summed E-state index contributed by atoms with van der Waals surface area (Å²) in [5.41, 5.74) is 1.62. The molecule has 1 N–H and O–H groups in total. The van der Waals surface area contributed by atoms with Crippen LogP contribution in [0.25, 0.3) is 0 Å². The van der Waals surface area contributed by atoms with Gasteiger partial charge in [-0.05, 0) is 84.6 Å². The quantitative estimate of drug-likeness (QED) is 0.348. The van der Waals surface area contributed by atoms with Gasteiger partial charge in [-0.2, -0.15) is 0 Å². The van der Waals surface area contributed by atoms with E-state index < -0.39 is 5.97 Å². The Morgan fingerprint density at radius 1 is 1.16 bits per heavy atom. The van der Waals surface area contributed by atoms with Crippen LogP contribution in [0, 0.1) is 29.1 Å². The number of anilines is 1. The fraction of sp³-hybridized carbons (Fsp3) is 0.667. The van der Waals surface area contributed by atoms with Crippen molar-refractivity contribution in [1.82, 2.24) is 0 Å². The van der Waals surface area contributed by atoms with E-state index in [0.29, 0.717) is 23.6 Å². The Labute approximate surface area is 225 Å². The molecule has 4 rings (SSSR count). The molecule has 6 nitrogen and oxygen atoms in total. The number of carboxylic acid groups (broad SMARTS) is 1. The first-order valence-corrected chi connectivity index (χ1v) is 14.5. The largest absolute Gasteiger partial charge is 0.477 e. The highest BCUT2D eigenvalue weighted by Gasteiger charge is 2.39. The second kappa shape index (κ2) is 11.7. The molecule has 202 valence electrons. The van der Waals surface area contributed by atoms with Crippen LogP contribution in [0.15, 0.2) is 17.7 Å².